The molecular formula is C17H24N2O3. The van der Waals surface area contributed by atoms with Crippen LogP contribution in [0, 0.1) is 0 Å². The largest absolute Gasteiger partial charge is 0.491 e. The van der Waals surface area contributed by atoms with Gasteiger partial charge in [-0.05, 0) is 43.7 Å². The number of fused-ring (bicyclic) bond motifs is 1. The van der Waals surface area contributed by atoms with Crippen molar-refractivity contribution in [3.8, 4) is 5.75 Å². The third-order valence-electron chi connectivity index (χ3n) is 4.56. The van der Waals surface area contributed by atoms with Crippen molar-refractivity contribution in [2.45, 2.75) is 44.2 Å². The molecule has 1 aromatic rings. The molecule has 5 nitrogen and oxygen atoms in total. The van der Waals surface area contributed by atoms with E-state index in [1.165, 1.54) is 0 Å². The van der Waals surface area contributed by atoms with E-state index in [2.05, 4.69) is 5.32 Å². The number of carbonyl (C=O) groups is 1. The maximum Gasteiger partial charge on any atom is 0.317 e. The van der Waals surface area contributed by atoms with Crippen LogP contribution in [0.3, 0.4) is 0 Å². The second kappa shape index (κ2) is 7.01. The molecule has 2 unspecified atom stereocenters. The van der Waals surface area contributed by atoms with Gasteiger partial charge >= 0.3 is 6.03 Å². The number of piperidine rings is 1. The first-order chi connectivity index (χ1) is 10.8. The third kappa shape index (κ3) is 3.35. The first-order valence-corrected chi connectivity index (χ1v) is 8.16. The Morgan fingerprint density at radius 1 is 1.36 bits per heavy atom. The van der Waals surface area contributed by atoms with Crippen LogP contribution in [-0.4, -0.2) is 47.9 Å². The van der Waals surface area contributed by atoms with Gasteiger partial charge in [-0.2, -0.15) is 0 Å². The van der Waals surface area contributed by atoms with Gasteiger partial charge in [0.15, 0.2) is 0 Å². The van der Waals surface area contributed by atoms with Crippen LogP contribution in [0.4, 0.5) is 4.79 Å². The van der Waals surface area contributed by atoms with Crippen LogP contribution in [-0.2, 0) is 6.42 Å². The fourth-order valence-corrected chi connectivity index (χ4v) is 3.40. The van der Waals surface area contributed by atoms with Gasteiger partial charge in [-0.3, -0.25) is 0 Å². The van der Waals surface area contributed by atoms with E-state index >= 15 is 0 Å². The Balaban J connectivity index is 1.60. The van der Waals surface area contributed by atoms with Gasteiger partial charge in [0.1, 0.15) is 12.4 Å². The van der Waals surface area contributed by atoms with Gasteiger partial charge in [-0.25, -0.2) is 4.79 Å². The van der Waals surface area contributed by atoms with Crippen LogP contribution >= 0.6 is 0 Å². The third-order valence-corrected chi connectivity index (χ3v) is 4.56. The molecule has 5 heteroatoms. The lowest BCUT2D eigenvalue weighted by molar-refractivity contribution is 0.125. The number of para-hydroxylation sites is 1. The van der Waals surface area contributed by atoms with E-state index in [-0.39, 0.29) is 24.7 Å². The highest BCUT2D eigenvalue weighted by Gasteiger charge is 2.29. The number of aliphatic hydroxyl groups is 1. The van der Waals surface area contributed by atoms with E-state index in [4.69, 9.17) is 4.74 Å². The smallest absolute Gasteiger partial charge is 0.317 e. The molecule has 0 spiro atoms. The van der Waals surface area contributed by atoms with Gasteiger partial charge in [-0.15, -0.1) is 0 Å². The molecule has 0 saturated carbocycles. The van der Waals surface area contributed by atoms with Crippen molar-refractivity contribution in [1.29, 1.82) is 0 Å². The fourth-order valence-electron chi connectivity index (χ4n) is 3.40. The van der Waals surface area contributed by atoms with Gasteiger partial charge in [0.25, 0.3) is 0 Å². The Kier molecular flexibility index (Phi) is 4.83. The minimum atomic E-state index is -0.0221. The number of carbonyl (C=O) groups excluding carboxylic acids is 1. The zero-order valence-corrected chi connectivity index (χ0v) is 12.8. The Morgan fingerprint density at radius 2 is 2.23 bits per heavy atom. The van der Waals surface area contributed by atoms with Crippen molar-refractivity contribution in [1.82, 2.24) is 10.2 Å². The molecule has 2 atom stereocenters. The summed E-state index contributed by atoms with van der Waals surface area (Å²) in [7, 11) is 0. The number of rotatable bonds is 3. The number of nitrogens with one attached hydrogen (secondary N) is 1. The average Bonchev–Trinajstić information content (AvgIpc) is 2.55. The number of nitrogens with zero attached hydrogens (tertiary/aromatic N) is 1. The number of benzene rings is 1. The minimum Gasteiger partial charge on any atom is -0.491 e. The molecule has 0 aliphatic carbocycles. The number of amides is 2. The van der Waals surface area contributed by atoms with Crippen molar-refractivity contribution >= 4 is 6.03 Å². The summed E-state index contributed by atoms with van der Waals surface area (Å²) >= 11 is 0. The molecule has 2 N–H and O–H groups in total. The summed E-state index contributed by atoms with van der Waals surface area (Å²) < 4.78 is 5.73. The maximum atomic E-state index is 12.5. The molecule has 0 radical (unpaired) electrons. The normalized spacial score (nSPS) is 24.3. The van der Waals surface area contributed by atoms with E-state index < -0.39 is 0 Å². The molecular weight excluding hydrogens is 280 g/mol. The highest BCUT2D eigenvalue weighted by Crippen LogP contribution is 2.24. The average molecular weight is 304 g/mol. The maximum absolute atomic E-state index is 12.5. The fraction of sp³-hybridized carbons (Fsp3) is 0.588. The molecule has 0 aromatic heterocycles. The number of ether oxygens (including phenoxy) is 1. The van der Waals surface area contributed by atoms with E-state index in [0.717, 1.165) is 43.5 Å². The Morgan fingerprint density at radius 3 is 3.09 bits per heavy atom. The van der Waals surface area contributed by atoms with Gasteiger partial charge in [0.2, 0.25) is 0 Å². The predicted molar refractivity (Wildman–Crippen MR) is 84.0 cm³/mol. The Labute approximate surface area is 131 Å². The predicted octanol–water partition coefficient (Wildman–Crippen LogP) is 1.94. The molecule has 120 valence electrons. The van der Waals surface area contributed by atoms with Crippen molar-refractivity contribution in [3.05, 3.63) is 29.8 Å². The molecule has 2 amide bonds. The van der Waals surface area contributed by atoms with Crippen LogP contribution in [0.25, 0.3) is 0 Å². The molecule has 0 bridgehead atoms. The van der Waals surface area contributed by atoms with Gasteiger partial charge in [0, 0.05) is 19.2 Å². The molecule has 2 aliphatic rings. The minimum absolute atomic E-state index is 0.0131. The summed E-state index contributed by atoms with van der Waals surface area (Å²) in [5.74, 6) is 0.920. The van der Waals surface area contributed by atoms with Crippen molar-refractivity contribution < 1.29 is 14.6 Å². The van der Waals surface area contributed by atoms with Crippen molar-refractivity contribution in [2.75, 3.05) is 19.8 Å². The number of aliphatic hydroxyl groups excluding tert-OH is 1. The second-order valence-electron chi connectivity index (χ2n) is 6.12. The van der Waals surface area contributed by atoms with Gasteiger partial charge < -0.3 is 20.1 Å². The van der Waals surface area contributed by atoms with Crippen LogP contribution in [0.5, 0.6) is 5.75 Å². The first kappa shape index (κ1) is 15.2. The van der Waals surface area contributed by atoms with E-state index in [1.54, 1.807) is 0 Å². The quantitative estimate of drug-likeness (QED) is 0.897. The lowest BCUT2D eigenvalue weighted by atomic mass is 9.99. The lowest BCUT2D eigenvalue weighted by Crippen LogP contribution is -2.53. The van der Waals surface area contributed by atoms with Crippen LogP contribution in [0.1, 0.15) is 31.2 Å². The number of hydrogen-bond acceptors (Lipinski definition) is 3. The summed E-state index contributed by atoms with van der Waals surface area (Å²) in [5.41, 5.74) is 1.14. The first-order valence-electron chi connectivity index (χ1n) is 8.16. The van der Waals surface area contributed by atoms with E-state index in [9.17, 15) is 9.90 Å². The summed E-state index contributed by atoms with van der Waals surface area (Å²) in [6, 6.07) is 8.12. The van der Waals surface area contributed by atoms with E-state index in [1.807, 2.05) is 29.2 Å². The monoisotopic (exact) mass is 304 g/mol. The summed E-state index contributed by atoms with van der Waals surface area (Å²) in [4.78, 5) is 14.4. The Bertz CT molecular complexity index is 518. The SMILES string of the molecule is O=C(NC1COc2ccccc2C1)N1CCCCC1CCO. The highest BCUT2D eigenvalue weighted by atomic mass is 16.5. The number of urea groups is 1. The summed E-state index contributed by atoms with van der Waals surface area (Å²) in [5, 5.41) is 12.3. The molecule has 2 heterocycles. The van der Waals surface area contributed by atoms with E-state index in [0.29, 0.717) is 13.0 Å². The molecule has 22 heavy (non-hydrogen) atoms. The lowest BCUT2D eigenvalue weighted by Gasteiger charge is -2.37. The summed E-state index contributed by atoms with van der Waals surface area (Å²) in [6.07, 6.45) is 4.63. The van der Waals surface area contributed by atoms with Crippen LogP contribution < -0.4 is 10.1 Å². The standard InChI is InChI=1S/C17H24N2O3/c20-10-8-15-6-3-4-9-19(15)17(21)18-14-11-13-5-1-2-7-16(13)22-12-14/h1-2,5,7,14-15,20H,3-4,6,8-12H2,(H,18,21). The highest BCUT2D eigenvalue weighted by molar-refractivity contribution is 5.75. The molecule has 1 aromatic carbocycles. The number of likely N-dealkylation sites (tertiary alicyclic amines) is 1. The number of hydrogen-bond donors (Lipinski definition) is 2. The molecule has 2 aliphatic heterocycles. The van der Waals surface area contributed by atoms with Crippen molar-refractivity contribution in [3.63, 3.8) is 0 Å². The van der Waals surface area contributed by atoms with Crippen LogP contribution in [0.2, 0.25) is 0 Å². The molecule has 1 saturated heterocycles. The van der Waals surface area contributed by atoms with Crippen molar-refractivity contribution in [2.24, 2.45) is 0 Å². The van der Waals surface area contributed by atoms with Gasteiger partial charge in [-0.1, -0.05) is 18.2 Å². The molecule has 3 rings (SSSR count). The zero-order chi connectivity index (χ0) is 15.4. The Hall–Kier alpha value is -1.75. The van der Waals surface area contributed by atoms with Crippen LogP contribution in [0.15, 0.2) is 24.3 Å². The summed E-state index contributed by atoms with van der Waals surface area (Å²) in [6.45, 7) is 1.43. The zero-order valence-electron chi connectivity index (χ0n) is 12.8. The van der Waals surface area contributed by atoms with Gasteiger partial charge in [0.05, 0.1) is 6.04 Å². The second-order valence-corrected chi connectivity index (χ2v) is 6.12. The molecule has 1 fully saturated rings. The topological polar surface area (TPSA) is 61.8 Å².